The third-order valence-electron chi connectivity index (χ3n) is 4.37. The zero-order valence-corrected chi connectivity index (χ0v) is 14.4. The number of nitrogens with one attached hydrogen (secondary N) is 1. The normalized spacial score (nSPS) is 16.8. The van der Waals surface area contributed by atoms with Crippen LogP contribution in [0.15, 0.2) is 42.6 Å². The van der Waals surface area contributed by atoms with Gasteiger partial charge in [-0.05, 0) is 25.0 Å². The monoisotopic (exact) mass is 356 g/mol. The molecule has 1 aliphatic heterocycles. The highest BCUT2D eigenvalue weighted by Crippen LogP contribution is 2.27. The van der Waals surface area contributed by atoms with Crippen LogP contribution in [0.1, 0.15) is 23.2 Å². The third-order valence-corrected chi connectivity index (χ3v) is 4.37. The van der Waals surface area contributed by atoms with Gasteiger partial charge in [0.05, 0.1) is 17.6 Å². The molecular formula is C18H20N4O4. The van der Waals surface area contributed by atoms with E-state index in [-0.39, 0.29) is 23.1 Å². The predicted octanol–water partition coefficient (Wildman–Crippen LogP) is 2.86. The van der Waals surface area contributed by atoms with Crippen LogP contribution in [0.5, 0.6) is 0 Å². The van der Waals surface area contributed by atoms with Gasteiger partial charge < -0.3 is 15.0 Å². The SMILES string of the molecule is COC(=O)c1cnc(NC2CCCN(c3ccccc3)C2)c([N+](=O)[O-])c1. The van der Waals surface area contributed by atoms with Crippen molar-refractivity contribution in [2.75, 3.05) is 30.4 Å². The van der Waals surface area contributed by atoms with Crippen LogP contribution in [0.25, 0.3) is 0 Å². The molecule has 1 saturated heterocycles. The number of carbonyl (C=O) groups is 1. The molecule has 1 fully saturated rings. The third kappa shape index (κ3) is 3.90. The standard InChI is InChI=1S/C18H20N4O4/c1-26-18(23)13-10-16(22(24)25)17(19-11-13)20-14-6-5-9-21(12-14)15-7-3-2-4-8-15/h2-4,7-8,10-11,14H,5-6,9,12H2,1H3,(H,19,20). The van der Waals surface area contributed by atoms with Crippen molar-refractivity contribution in [1.29, 1.82) is 0 Å². The Bertz CT molecular complexity index is 797. The minimum Gasteiger partial charge on any atom is -0.465 e. The van der Waals surface area contributed by atoms with Crippen LogP contribution in [-0.2, 0) is 4.74 Å². The lowest BCUT2D eigenvalue weighted by Gasteiger charge is -2.34. The van der Waals surface area contributed by atoms with E-state index in [1.807, 2.05) is 30.3 Å². The number of esters is 1. The minimum absolute atomic E-state index is 0.0270. The summed E-state index contributed by atoms with van der Waals surface area (Å²) in [7, 11) is 1.22. The van der Waals surface area contributed by atoms with E-state index in [0.29, 0.717) is 0 Å². The average Bonchev–Trinajstić information content (AvgIpc) is 2.68. The predicted molar refractivity (Wildman–Crippen MR) is 97.5 cm³/mol. The number of methoxy groups -OCH3 is 1. The summed E-state index contributed by atoms with van der Waals surface area (Å²) in [5, 5.41) is 14.5. The molecule has 0 aliphatic carbocycles. The Morgan fingerprint density at radius 1 is 1.38 bits per heavy atom. The molecule has 8 heteroatoms. The van der Waals surface area contributed by atoms with Gasteiger partial charge in [0.25, 0.3) is 0 Å². The van der Waals surface area contributed by atoms with Crippen molar-refractivity contribution in [3.63, 3.8) is 0 Å². The van der Waals surface area contributed by atoms with Crippen molar-refractivity contribution < 1.29 is 14.5 Å². The molecule has 2 aromatic rings. The van der Waals surface area contributed by atoms with E-state index in [0.717, 1.165) is 31.6 Å². The molecule has 0 bridgehead atoms. The number of piperidine rings is 1. The van der Waals surface area contributed by atoms with E-state index in [2.05, 4.69) is 19.9 Å². The Morgan fingerprint density at radius 2 is 2.15 bits per heavy atom. The van der Waals surface area contributed by atoms with E-state index < -0.39 is 10.9 Å². The number of hydrogen-bond acceptors (Lipinski definition) is 7. The van der Waals surface area contributed by atoms with Crippen LogP contribution in [0.3, 0.4) is 0 Å². The summed E-state index contributed by atoms with van der Waals surface area (Å²) >= 11 is 0. The number of rotatable bonds is 5. The summed E-state index contributed by atoms with van der Waals surface area (Å²) in [5.74, 6) is -0.484. The first-order valence-corrected chi connectivity index (χ1v) is 8.38. The quantitative estimate of drug-likeness (QED) is 0.500. The fourth-order valence-electron chi connectivity index (χ4n) is 3.09. The molecule has 0 amide bonds. The van der Waals surface area contributed by atoms with Gasteiger partial charge in [-0.25, -0.2) is 9.78 Å². The van der Waals surface area contributed by atoms with Crippen molar-refractivity contribution in [3.05, 3.63) is 58.3 Å². The number of pyridine rings is 1. The van der Waals surface area contributed by atoms with E-state index >= 15 is 0 Å². The van der Waals surface area contributed by atoms with Crippen molar-refractivity contribution in [2.24, 2.45) is 0 Å². The Morgan fingerprint density at radius 3 is 2.85 bits per heavy atom. The maximum absolute atomic E-state index is 11.6. The van der Waals surface area contributed by atoms with Crippen LogP contribution in [0.2, 0.25) is 0 Å². The number of carbonyl (C=O) groups excluding carboxylic acids is 1. The second kappa shape index (κ2) is 7.81. The summed E-state index contributed by atoms with van der Waals surface area (Å²) in [4.78, 5) is 28.7. The molecule has 3 rings (SSSR count). The molecule has 1 aromatic carbocycles. The van der Waals surface area contributed by atoms with Crippen molar-refractivity contribution in [2.45, 2.75) is 18.9 Å². The first-order chi connectivity index (χ1) is 12.6. The Kier molecular flexibility index (Phi) is 5.31. The molecule has 1 aliphatic rings. The molecule has 1 unspecified atom stereocenters. The number of benzene rings is 1. The zero-order chi connectivity index (χ0) is 18.5. The van der Waals surface area contributed by atoms with Gasteiger partial charge in [0, 0.05) is 37.1 Å². The van der Waals surface area contributed by atoms with Gasteiger partial charge in [-0.1, -0.05) is 18.2 Å². The highest BCUT2D eigenvalue weighted by atomic mass is 16.6. The maximum Gasteiger partial charge on any atom is 0.339 e. The van der Waals surface area contributed by atoms with Gasteiger partial charge >= 0.3 is 11.7 Å². The number of aromatic nitrogens is 1. The first kappa shape index (κ1) is 17.7. The summed E-state index contributed by atoms with van der Waals surface area (Å²) < 4.78 is 4.60. The molecule has 26 heavy (non-hydrogen) atoms. The molecule has 136 valence electrons. The number of para-hydroxylation sites is 1. The Labute approximate surface area is 150 Å². The highest BCUT2D eigenvalue weighted by molar-refractivity contribution is 5.90. The molecule has 1 atom stereocenters. The molecule has 0 spiro atoms. The lowest BCUT2D eigenvalue weighted by atomic mass is 10.0. The van der Waals surface area contributed by atoms with Gasteiger partial charge in [-0.3, -0.25) is 10.1 Å². The summed E-state index contributed by atoms with van der Waals surface area (Å²) in [6.07, 6.45) is 3.15. The fraction of sp³-hybridized carbons (Fsp3) is 0.333. The average molecular weight is 356 g/mol. The minimum atomic E-state index is -0.653. The second-order valence-electron chi connectivity index (χ2n) is 6.11. The molecule has 0 saturated carbocycles. The molecule has 2 heterocycles. The van der Waals surface area contributed by atoms with Crippen molar-refractivity contribution in [1.82, 2.24) is 4.98 Å². The zero-order valence-electron chi connectivity index (χ0n) is 14.4. The summed E-state index contributed by atoms with van der Waals surface area (Å²) in [5.41, 5.74) is 0.950. The van der Waals surface area contributed by atoms with Crippen LogP contribution in [-0.4, -0.2) is 42.1 Å². The van der Waals surface area contributed by atoms with Crippen LogP contribution < -0.4 is 10.2 Å². The molecular weight excluding hydrogens is 336 g/mol. The fourth-order valence-corrected chi connectivity index (χ4v) is 3.09. The summed E-state index contributed by atoms with van der Waals surface area (Å²) in [6, 6.07) is 11.3. The smallest absolute Gasteiger partial charge is 0.339 e. The first-order valence-electron chi connectivity index (χ1n) is 8.38. The van der Waals surface area contributed by atoms with Gasteiger partial charge in [0.2, 0.25) is 5.82 Å². The van der Waals surface area contributed by atoms with Crippen molar-refractivity contribution in [3.8, 4) is 0 Å². The molecule has 1 N–H and O–H groups in total. The van der Waals surface area contributed by atoms with Crippen LogP contribution >= 0.6 is 0 Å². The largest absolute Gasteiger partial charge is 0.465 e. The number of anilines is 2. The van der Waals surface area contributed by atoms with Gasteiger partial charge in [-0.15, -0.1) is 0 Å². The molecule has 0 radical (unpaired) electrons. The van der Waals surface area contributed by atoms with Gasteiger partial charge in [0.15, 0.2) is 0 Å². The van der Waals surface area contributed by atoms with Crippen molar-refractivity contribution >= 4 is 23.2 Å². The molecule has 1 aromatic heterocycles. The second-order valence-corrected chi connectivity index (χ2v) is 6.11. The Balaban J connectivity index is 1.77. The highest BCUT2D eigenvalue weighted by Gasteiger charge is 2.25. The number of ether oxygens (including phenoxy) is 1. The topological polar surface area (TPSA) is 97.6 Å². The Hall–Kier alpha value is -3.16. The summed E-state index contributed by atoms with van der Waals surface area (Å²) in [6.45, 7) is 1.67. The maximum atomic E-state index is 11.6. The lowest BCUT2D eigenvalue weighted by molar-refractivity contribution is -0.384. The van der Waals surface area contributed by atoms with E-state index in [1.165, 1.54) is 19.4 Å². The van der Waals surface area contributed by atoms with Crippen LogP contribution in [0.4, 0.5) is 17.2 Å². The van der Waals surface area contributed by atoms with Gasteiger partial charge in [-0.2, -0.15) is 0 Å². The number of nitro groups is 1. The van der Waals surface area contributed by atoms with E-state index in [9.17, 15) is 14.9 Å². The van der Waals surface area contributed by atoms with E-state index in [4.69, 9.17) is 0 Å². The number of nitrogens with zero attached hydrogens (tertiary/aromatic N) is 3. The van der Waals surface area contributed by atoms with Gasteiger partial charge in [0.1, 0.15) is 0 Å². The lowest BCUT2D eigenvalue weighted by Crippen LogP contribution is -2.42. The van der Waals surface area contributed by atoms with Crippen LogP contribution in [0, 0.1) is 10.1 Å². The molecule has 8 nitrogen and oxygen atoms in total. The number of hydrogen-bond donors (Lipinski definition) is 1. The van der Waals surface area contributed by atoms with E-state index in [1.54, 1.807) is 0 Å².